The molecule has 0 saturated heterocycles. The molecule has 3 rings (SSSR count). The Balaban J connectivity index is 1.56. The molecule has 0 fully saturated rings. The van der Waals surface area contributed by atoms with Crippen LogP contribution in [-0.2, 0) is 0 Å². The molecule has 0 spiro atoms. The van der Waals surface area contributed by atoms with Crippen molar-refractivity contribution in [1.82, 2.24) is 15.3 Å². The van der Waals surface area contributed by atoms with Gasteiger partial charge in [0.2, 0.25) is 5.95 Å². The maximum Gasteiger partial charge on any atom is 0.228 e. The molecule has 0 amide bonds. The molecule has 1 aromatic heterocycles. The van der Waals surface area contributed by atoms with E-state index in [1.807, 2.05) is 50.3 Å². The Kier molecular flexibility index (Phi) is 7.50. The first kappa shape index (κ1) is 20.9. The molecule has 2 aromatic rings. The largest absolute Gasteiger partial charge is 0.491 e. The molecule has 8 heteroatoms. The zero-order chi connectivity index (χ0) is 19.9. The Hall–Kier alpha value is -1.87. The van der Waals surface area contributed by atoms with E-state index in [0.29, 0.717) is 24.3 Å². The summed E-state index contributed by atoms with van der Waals surface area (Å²) in [5, 5.41) is 21.6. The molecule has 3 N–H and O–H groups in total. The van der Waals surface area contributed by atoms with E-state index in [2.05, 4.69) is 47.3 Å². The van der Waals surface area contributed by atoms with Crippen LogP contribution in [0.25, 0.3) is 0 Å². The summed E-state index contributed by atoms with van der Waals surface area (Å²) in [6.07, 6.45) is 5.32. The highest BCUT2D eigenvalue weighted by molar-refractivity contribution is 9.10. The molecule has 1 atom stereocenters. The number of ether oxygens (including phenoxy) is 1. The lowest BCUT2D eigenvalue weighted by Crippen LogP contribution is -2.35. The minimum absolute atomic E-state index is 0.246. The second kappa shape index (κ2) is 10.1. The summed E-state index contributed by atoms with van der Waals surface area (Å²) in [5.41, 5.74) is 0.868. The van der Waals surface area contributed by atoms with Crippen LogP contribution in [0.1, 0.15) is 13.8 Å². The average Bonchev–Trinajstić information content (AvgIpc) is 3.22. The first-order chi connectivity index (χ1) is 13.5. The lowest BCUT2D eigenvalue weighted by molar-refractivity contribution is 0.104. The van der Waals surface area contributed by atoms with E-state index in [4.69, 9.17) is 4.74 Å². The lowest BCUT2D eigenvalue weighted by Gasteiger charge is -2.15. The Morgan fingerprint density at radius 1 is 1.18 bits per heavy atom. The van der Waals surface area contributed by atoms with E-state index in [-0.39, 0.29) is 6.61 Å². The molecule has 150 valence electrons. The van der Waals surface area contributed by atoms with Crippen molar-refractivity contribution in [3.05, 3.63) is 57.9 Å². The van der Waals surface area contributed by atoms with E-state index in [0.717, 1.165) is 15.2 Å². The number of allylic oxidation sites excluding steroid dienone is 2. The Morgan fingerprint density at radius 3 is 2.57 bits per heavy atom. The Morgan fingerprint density at radius 2 is 1.89 bits per heavy atom. The fourth-order valence-corrected chi connectivity index (χ4v) is 4.73. The number of hydrogen-bond acceptors (Lipinski definition) is 6. The SMILES string of the molecule is CC(C)NCC(O)COc1ccc(Nc2ncc(Br)c([SH]3C=CC=C3)n2)cc1. The van der Waals surface area contributed by atoms with Crippen LogP contribution >= 0.6 is 26.8 Å². The monoisotopic (exact) mass is 464 g/mol. The summed E-state index contributed by atoms with van der Waals surface area (Å²) >= 11 is 3.54. The molecule has 1 aliphatic rings. The highest BCUT2D eigenvalue weighted by Gasteiger charge is 2.12. The van der Waals surface area contributed by atoms with Gasteiger partial charge in [-0.2, -0.15) is 10.9 Å². The number of rotatable bonds is 9. The number of nitrogens with zero attached hydrogens (tertiary/aromatic N) is 2. The van der Waals surface area contributed by atoms with Gasteiger partial charge in [0.15, 0.2) is 0 Å². The topological polar surface area (TPSA) is 79.3 Å². The Bertz CT molecular complexity index is 831. The van der Waals surface area contributed by atoms with Gasteiger partial charge in [-0.25, -0.2) is 9.97 Å². The third-order valence-corrected chi connectivity index (χ3v) is 6.59. The van der Waals surface area contributed by atoms with Crippen LogP contribution in [0.3, 0.4) is 0 Å². The van der Waals surface area contributed by atoms with Gasteiger partial charge in [0.1, 0.15) is 23.5 Å². The molecule has 1 aromatic carbocycles. The second-order valence-electron chi connectivity index (χ2n) is 6.63. The fourth-order valence-electron chi connectivity index (χ4n) is 2.46. The molecular weight excluding hydrogens is 440 g/mol. The number of aliphatic hydroxyl groups is 1. The van der Waals surface area contributed by atoms with Gasteiger partial charge in [-0.05, 0) is 51.0 Å². The first-order valence-electron chi connectivity index (χ1n) is 9.08. The van der Waals surface area contributed by atoms with Gasteiger partial charge in [-0.1, -0.05) is 26.0 Å². The number of nitrogens with one attached hydrogen (secondary N) is 2. The zero-order valence-electron chi connectivity index (χ0n) is 15.8. The van der Waals surface area contributed by atoms with E-state index >= 15 is 0 Å². The first-order valence-corrected chi connectivity index (χ1v) is 11.4. The highest BCUT2D eigenvalue weighted by atomic mass is 79.9. The summed E-state index contributed by atoms with van der Waals surface area (Å²) < 4.78 is 6.55. The molecule has 0 aliphatic carbocycles. The van der Waals surface area contributed by atoms with Crippen molar-refractivity contribution in [2.45, 2.75) is 31.0 Å². The predicted molar refractivity (Wildman–Crippen MR) is 120 cm³/mol. The molecule has 0 radical (unpaired) electrons. The van der Waals surface area contributed by atoms with Crippen molar-refractivity contribution >= 4 is 38.5 Å². The molecule has 0 saturated carbocycles. The number of benzene rings is 1. The number of aromatic nitrogens is 2. The molecule has 28 heavy (non-hydrogen) atoms. The van der Waals surface area contributed by atoms with Crippen LogP contribution in [0.4, 0.5) is 11.6 Å². The number of aliphatic hydroxyl groups excluding tert-OH is 1. The smallest absolute Gasteiger partial charge is 0.228 e. The van der Waals surface area contributed by atoms with Gasteiger partial charge >= 0.3 is 0 Å². The molecule has 1 unspecified atom stereocenters. The number of anilines is 2. The third-order valence-electron chi connectivity index (χ3n) is 3.89. The summed E-state index contributed by atoms with van der Waals surface area (Å²) in [5.74, 6) is 1.26. The van der Waals surface area contributed by atoms with Gasteiger partial charge in [0, 0.05) is 24.5 Å². The number of halogens is 1. The van der Waals surface area contributed by atoms with Gasteiger partial charge in [-0.15, -0.1) is 0 Å². The van der Waals surface area contributed by atoms with Crippen LogP contribution in [0.15, 0.2) is 62.9 Å². The van der Waals surface area contributed by atoms with E-state index in [1.165, 1.54) is 0 Å². The van der Waals surface area contributed by atoms with Gasteiger partial charge < -0.3 is 20.5 Å². The molecular formula is C20H25BrN4O2S. The standard InChI is InChI=1S/C20H25BrN4O2S/c1-14(2)22-11-16(26)13-27-17-7-5-15(6-8-17)24-20-23-12-18(21)19(25-20)28-9-3-4-10-28/h3-10,12,14,16,22,26,28H,11,13H2,1-2H3,(H,23,24,25). The number of thiol groups is 1. The van der Waals surface area contributed by atoms with Crippen LogP contribution in [0, 0.1) is 0 Å². The summed E-state index contributed by atoms with van der Waals surface area (Å²) in [6.45, 7) is 4.84. The predicted octanol–water partition coefficient (Wildman–Crippen LogP) is 4.12. The third kappa shape index (κ3) is 6.07. The van der Waals surface area contributed by atoms with Crippen molar-refractivity contribution in [1.29, 1.82) is 0 Å². The zero-order valence-corrected chi connectivity index (χ0v) is 18.3. The van der Waals surface area contributed by atoms with Gasteiger partial charge in [-0.3, -0.25) is 0 Å². The lowest BCUT2D eigenvalue weighted by atomic mass is 10.3. The van der Waals surface area contributed by atoms with Crippen LogP contribution in [0.2, 0.25) is 0 Å². The van der Waals surface area contributed by atoms with E-state index < -0.39 is 17.0 Å². The molecule has 1 aliphatic heterocycles. The minimum Gasteiger partial charge on any atom is -0.491 e. The van der Waals surface area contributed by atoms with Crippen molar-refractivity contribution < 1.29 is 9.84 Å². The maximum atomic E-state index is 9.92. The van der Waals surface area contributed by atoms with E-state index in [1.54, 1.807) is 6.20 Å². The summed E-state index contributed by atoms with van der Waals surface area (Å²) in [6, 6.07) is 7.86. The second-order valence-corrected chi connectivity index (χ2v) is 9.32. The minimum atomic E-state index is -0.546. The Labute approximate surface area is 176 Å². The molecule has 2 heterocycles. The normalized spacial score (nSPS) is 15.2. The molecule has 0 bridgehead atoms. The van der Waals surface area contributed by atoms with E-state index in [9.17, 15) is 5.11 Å². The van der Waals surface area contributed by atoms with Crippen molar-refractivity contribution in [3.63, 3.8) is 0 Å². The van der Waals surface area contributed by atoms with Gasteiger partial charge in [0.05, 0.1) is 4.47 Å². The van der Waals surface area contributed by atoms with Gasteiger partial charge in [0.25, 0.3) is 0 Å². The number of hydrogen-bond donors (Lipinski definition) is 4. The fraction of sp³-hybridized carbons (Fsp3) is 0.300. The maximum absolute atomic E-state index is 9.92. The summed E-state index contributed by atoms with van der Waals surface area (Å²) in [4.78, 5) is 9.00. The highest BCUT2D eigenvalue weighted by Crippen LogP contribution is 2.44. The average molecular weight is 465 g/mol. The van der Waals surface area contributed by atoms with Crippen LogP contribution < -0.4 is 15.4 Å². The van der Waals surface area contributed by atoms with Crippen molar-refractivity contribution in [2.75, 3.05) is 18.5 Å². The van der Waals surface area contributed by atoms with Crippen LogP contribution in [-0.4, -0.2) is 40.4 Å². The molecule has 6 nitrogen and oxygen atoms in total. The summed E-state index contributed by atoms with van der Waals surface area (Å²) in [7, 11) is -0.524. The van der Waals surface area contributed by atoms with Crippen molar-refractivity contribution in [2.24, 2.45) is 0 Å². The quantitative estimate of drug-likeness (QED) is 0.330. The van der Waals surface area contributed by atoms with Crippen molar-refractivity contribution in [3.8, 4) is 5.75 Å². The van der Waals surface area contributed by atoms with Crippen LogP contribution in [0.5, 0.6) is 5.75 Å².